The van der Waals surface area contributed by atoms with Crippen LogP contribution in [0.4, 0.5) is 0 Å². The summed E-state index contributed by atoms with van der Waals surface area (Å²) in [5, 5.41) is 3.96. The number of hydrogen-bond acceptors (Lipinski definition) is 2. The van der Waals surface area contributed by atoms with Crippen molar-refractivity contribution < 1.29 is 0 Å². The standard InChI is InChI=1S/C17H32N2/c1-2-16-9-4-3-7-11-19(16)13-15-12-14-8-5-6-10-17(14)18-15/h14-18H,2-13H2,1H3. The van der Waals surface area contributed by atoms with Gasteiger partial charge < -0.3 is 5.32 Å². The summed E-state index contributed by atoms with van der Waals surface area (Å²) < 4.78 is 0. The third kappa shape index (κ3) is 3.33. The third-order valence-corrected chi connectivity index (χ3v) is 5.87. The van der Waals surface area contributed by atoms with Gasteiger partial charge in [0.1, 0.15) is 0 Å². The van der Waals surface area contributed by atoms with Gasteiger partial charge in [-0.2, -0.15) is 0 Å². The Bertz CT molecular complexity index is 264. The molecular weight excluding hydrogens is 232 g/mol. The van der Waals surface area contributed by atoms with Crippen molar-refractivity contribution in [1.82, 2.24) is 10.2 Å². The fourth-order valence-corrected chi connectivity index (χ4v) is 4.80. The Morgan fingerprint density at radius 3 is 2.68 bits per heavy atom. The normalized spacial score (nSPS) is 40.9. The van der Waals surface area contributed by atoms with Gasteiger partial charge in [0.2, 0.25) is 0 Å². The highest BCUT2D eigenvalue weighted by Gasteiger charge is 2.36. The maximum Gasteiger partial charge on any atom is 0.0201 e. The van der Waals surface area contributed by atoms with Crippen molar-refractivity contribution in [3.8, 4) is 0 Å². The zero-order chi connectivity index (χ0) is 13.1. The van der Waals surface area contributed by atoms with Crippen molar-refractivity contribution in [3.63, 3.8) is 0 Å². The molecule has 3 fully saturated rings. The summed E-state index contributed by atoms with van der Waals surface area (Å²) in [6, 6.07) is 2.53. The van der Waals surface area contributed by atoms with E-state index in [1.54, 1.807) is 0 Å². The SMILES string of the molecule is CCC1CCCCCN1CC1CC2CCCCC2N1. The lowest BCUT2D eigenvalue weighted by molar-refractivity contribution is 0.177. The molecule has 0 amide bonds. The predicted octanol–water partition coefficient (Wildman–Crippen LogP) is 3.56. The van der Waals surface area contributed by atoms with Gasteiger partial charge in [0.25, 0.3) is 0 Å². The summed E-state index contributed by atoms with van der Waals surface area (Å²) in [7, 11) is 0. The van der Waals surface area contributed by atoms with Crippen molar-refractivity contribution >= 4 is 0 Å². The molecule has 2 nitrogen and oxygen atoms in total. The first-order chi connectivity index (χ1) is 9.36. The van der Waals surface area contributed by atoms with Crippen LogP contribution in [0.25, 0.3) is 0 Å². The monoisotopic (exact) mass is 264 g/mol. The van der Waals surface area contributed by atoms with Gasteiger partial charge in [0.15, 0.2) is 0 Å². The van der Waals surface area contributed by atoms with Crippen LogP contribution < -0.4 is 5.32 Å². The van der Waals surface area contributed by atoms with Crippen LogP contribution in [0.3, 0.4) is 0 Å². The van der Waals surface area contributed by atoms with Gasteiger partial charge in [0.05, 0.1) is 0 Å². The Morgan fingerprint density at radius 1 is 1.00 bits per heavy atom. The molecule has 0 spiro atoms. The summed E-state index contributed by atoms with van der Waals surface area (Å²) in [5.74, 6) is 1.01. The molecule has 0 bridgehead atoms. The van der Waals surface area contributed by atoms with Gasteiger partial charge in [-0.25, -0.2) is 0 Å². The van der Waals surface area contributed by atoms with Crippen LogP contribution in [0.2, 0.25) is 0 Å². The Morgan fingerprint density at radius 2 is 1.84 bits per heavy atom. The molecule has 1 N–H and O–H groups in total. The predicted molar refractivity (Wildman–Crippen MR) is 81.4 cm³/mol. The minimum Gasteiger partial charge on any atom is -0.310 e. The number of hydrogen-bond donors (Lipinski definition) is 1. The average Bonchev–Trinajstić information content (AvgIpc) is 2.70. The molecule has 0 aromatic carbocycles. The van der Waals surface area contributed by atoms with E-state index in [0.29, 0.717) is 0 Å². The second-order valence-corrected chi connectivity index (χ2v) is 7.16. The smallest absolute Gasteiger partial charge is 0.0201 e. The maximum absolute atomic E-state index is 3.96. The molecule has 0 aromatic rings. The second kappa shape index (κ2) is 6.58. The van der Waals surface area contributed by atoms with Crippen LogP contribution in [-0.2, 0) is 0 Å². The van der Waals surface area contributed by atoms with E-state index in [1.165, 1.54) is 77.3 Å². The zero-order valence-corrected chi connectivity index (χ0v) is 12.7. The molecule has 1 saturated carbocycles. The third-order valence-electron chi connectivity index (χ3n) is 5.87. The first-order valence-electron chi connectivity index (χ1n) is 8.87. The number of nitrogens with zero attached hydrogens (tertiary/aromatic N) is 1. The minimum absolute atomic E-state index is 0.792. The van der Waals surface area contributed by atoms with Gasteiger partial charge >= 0.3 is 0 Å². The van der Waals surface area contributed by atoms with Gasteiger partial charge in [-0.05, 0) is 51.0 Å². The Labute approximate surface area is 119 Å². The van der Waals surface area contributed by atoms with Crippen molar-refractivity contribution in [2.75, 3.05) is 13.1 Å². The van der Waals surface area contributed by atoms with E-state index in [9.17, 15) is 0 Å². The van der Waals surface area contributed by atoms with Crippen molar-refractivity contribution in [2.24, 2.45) is 5.92 Å². The van der Waals surface area contributed by atoms with Gasteiger partial charge in [-0.3, -0.25) is 4.90 Å². The van der Waals surface area contributed by atoms with E-state index >= 15 is 0 Å². The summed E-state index contributed by atoms with van der Waals surface area (Å²) >= 11 is 0. The van der Waals surface area contributed by atoms with Crippen LogP contribution in [-0.4, -0.2) is 36.1 Å². The summed E-state index contributed by atoms with van der Waals surface area (Å²) in [6.45, 7) is 5.06. The van der Waals surface area contributed by atoms with Crippen LogP contribution in [0.15, 0.2) is 0 Å². The fraction of sp³-hybridized carbons (Fsp3) is 1.00. The highest BCUT2D eigenvalue weighted by atomic mass is 15.2. The number of nitrogens with one attached hydrogen (secondary N) is 1. The van der Waals surface area contributed by atoms with E-state index in [-0.39, 0.29) is 0 Å². The van der Waals surface area contributed by atoms with E-state index in [2.05, 4.69) is 17.1 Å². The minimum atomic E-state index is 0.792. The number of fused-ring (bicyclic) bond motifs is 1. The molecule has 4 atom stereocenters. The Kier molecular flexibility index (Phi) is 4.81. The first kappa shape index (κ1) is 13.9. The van der Waals surface area contributed by atoms with E-state index < -0.39 is 0 Å². The maximum atomic E-state index is 3.96. The van der Waals surface area contributed by atoms with Crippen molar-refractivity contribution in [1.29, 1.82) is 0 Å². The fourth-order valence-electron chi connectivity index (χ4n) is 4.80. The molecule has 0 radical (unpaired) electrons. The topological polar surface area (TPSA) is 15.3 Å². The van der Waals surface area contributed by atoms with E-state index in [1.807, 2.05) is 0 Å². The molecule has 2 heteroatoms. The van der Waals surface area contributed by atoms with Gasteiger partial charge in [-0.15, -0.1) is 0 Å². The van der Waals surface area contributed by atoms with Gasteiger partial charge in [-0.1, -0.05) is 32.6 Å². The Hall–Kier alpha value is -0.0800. The molecular formula is C17H32N2. The lowest BCUT2D eigenvalue weighted by Gasteiger charge is -2.31. The zero-order valence-electron chi connectivity index (χ0n) is 12.7. The molecule has 19 heavy (non-hydrogen) atoms. The van der Waals surface area contributed by atoms with Gasteiger partial charge in [0, 0.05) is 24.7 Å². The van der Waals surface area contributed by atoms with Crippen LogP contribution in [0, 0.1) is 5.92 Å². The lowest BCUT2D eigenvalue weighted by Crippen LogP contribution is -2.44. The number of rotatable bonds is 3. The molecule has 3 aliphatic rings. The van der Waals surface area contributed by atoms with Crippen molar-refractivity contribution in [2.45, 2.75) is 89.3 Å². The molecule has 2 heterocycles. The molecule has 3 rings (SSSR count). The molecule has 4 unspecified atom stereocenters. The first-order valence-corrected chi connectivity index (χ1v) is 8.87. The Balaban J connectivity index is 1.54. The van der Waals surface area contributed by atoms with Crippen LogP contribution in [0.5, 0.6) is 0 Å². The molecule has 0 aromatic heterocycles. The van der Waals surface area contributed by atoms with Crippen LogP contribution >= 0.6 is 0 Å². The summed E-state index contributed by atoms with van der Waals surface area (Å²) in [4.78, 5) is 2.82. The molecule has 2 aliphatic heterocycles. The molecule has 2 saturated heterocycles. The van der Waals surface area contributed by atoms with E-state index in [4.69, 9.17) is 0 Å². The van der Waals surface area contributed by atoms with E-state index in [0.717, 1.165) is 24.0 Å². The molecule has 1 aliphatic carbocycles. The lowest BCUT2D eigenvalue weighted by atomic mass is 9.85. The second-order valence-electron chi connectivity index (χ2n) is 7.16. The van der Waals surface area contributed by atoms with Crippen molar-refractivity contribution in [3.05, 3.63) is 0 Å². The quantitative estimate of drug-likeness (QED) is 0.838. The largest absolute Gasteiger partial charge is 0.310 e. The highest BCUT2D eigenvalue weighted by molar-refractivity contribution is 4.94. The molecule has 110 valence electrons. The van der Waals surface area contributed by atoms with Crippen LogP contribution in [0.1, 0.15) is 71.1 Å². The average molecular weight is 264 g/mol. The summed E-state index contributed by atoms with van der Waals surface area (Å²) in [5.41, 5.74) is 0. The summed E-state index contributed by atoms with van der Waals surface area (Å²) in [6.07, 6.45) is 14.5. The highest BCUT2D eigenvalue weighted by Crippen LogP contribution is 2.34. The number of likely N-dealkylation sites (tertiary alicyclic amines) is 1.